The molecule has 1 fully saturated rings. The first-order chi connectivity index (χ1) is 20.2. The van der Waals surface area contributed by atoms with E-state index in [1.807, 2.05) is 36.4 Å². The average molecular weight is 642 g/mol. The molecular weight excluding hydrogens is 615 g/mol. The molecule has 1 atom stereocenters. The lowest BCUT2D eigenvalue weighted by Gasteiger charge is -2.17. The maximum atomic E-state index is 12.8. The van der Waals surface area contributed by atoms with Crippen LogP contribution in [-0.2, 0) is 27.7 Å². The molecule has 0 spiro atoms. The molecule has 230 valence electrons. The minimum Gasteiger partial charge on any atom is -0.475 e. The SMILES string of the molecule is CS(=O)(=O)N1CC[C@@H](NC(=O)Nc2ccc3cc2CCc2cccc(c2)Nc2ncc(Cl)c(n2)N3)C1.O=C(O)C(F)(F)F. The van der Waals surface area contributed by atoms with Crippen LogP contribution in [0.1, 0.15) is 17.5 Å². The fourth-order valence-electron chi connectivity index (χ4n) is 4.36. The van der Waals surface area contributed by atoms with Crippen molar-refractivity contribution in [3.05, 3.63) is 64.8 Å². The number of fused-ring (bicyclic) bond motifs is 6. The Morgan fingerprint density at radius 1 is 1.12 bits per heavy atom. The van der Waals surface area contributed by atoms with E-state index in [1.54, 1.807) is 0 Å². The van der Waals surface area contributed by atoms with Crippen LogP contribution in [0.15, 0.2) is 48.7 Å². The van der Waals surface area contributed by atoms with E-state index >= 15 is 0 Å². The maximum Gasteiger partial charge on any atom is 0.490 e. The molecule has 12 nitrogen and oxygen atoms in total. The van der Waals surface area contributed by atoms with Crippen molar-refractivity contribution in [3.63, 3.8) is 0 Å². The number of urea groups is 1. The van der Waals surface area contributed by atoms with E-state index in [9.17, 15) is 26.4 Å². The molecule has 5 N–H and O–H groups in total. The van der Waals surface area contributed by atoms with Gasteiger partial charge in [-0.2, -0.15) is 18.2 Å². The molecule has 17 heteroatoms. The molecule has 1 aromatic heterocycles. The van der Waals surface area contributed by atoms with Gasteiger partial charge in [0.25, 0.3) is 0 Å². The van der Waals surface area contributed by atoms with Crippen LogP contribution in [0.3, 0.4) is 0 Å². The van der Waals surface area contributed by atoms with E-state index in [4.69, 9.17) is 21.5 Å². The normalized spacial score (nSPS) is 16.5. The molecule has 0 aliphatic carbocycles. The van der Waals surface area contributed by atoms with Crippen molar-refractivity contribution in [2.45, 2.75) is 31.5 Å². The molecule has 0 unspecified atom stereocenters. The number of benzene rings is 2. The highest BCUT2D eigenvalue weighted by atomic mass is 35.5. The number of aromatic nitrogens is 2. The lowest BCUT2D eigenvalue weighted by atomic mass is 10.0. The van der Waals surface area contributed by atoms with Crippen molar-refractivity contribution < 1.29 is 36.3 Å². The number of alkyl halides is 3. The summed E-state index contributed by atoms with van der Waals surface area (Å²) < 4.78 is 56.7. The number of carboxylic acid groups (broad SMARTS) is 1. The van der Waals surface area contributed by atoms with Crippen LogP contribution in [0.4, 0.5) is 46.8 Å². The molecule has 2 amide bonds. The van der Waals surface area contributed by atoms with Crippen molar-refractivity contribution in [2.24, 2.45) is 0 Å². The molecule has 3 heterocycles. The summed E-state index contributed by atoms with van der Waals surface area (Å²) >= 11 is 6.33. The molecule has 3 aromatic rings. The number of halogens is 4. The van der Waals surface area contributed by atoms with Crippen molar-refractivity contribution in [1.29, 1.82) is 0 Å². The summed E-state index contributed by atoms with van der Waals surface area (Å²) in [6, 6.07) is 13.0. The van der Waals surface area contributed by atoms with Crippen molar-refractivity contribution in [2.75, 3.05) is 35.3 Å². The third-order valence-electron chi connectivity index (χ3n) is 6.42. The monoisotopic (exact) mass is 641 g/mol. The Morgan fingerprint density at radius 2 is 1.84 bits per heavy atom. The van der Waals surface area contributed by atoms with Crippen LogP contribution < -0.4 is 21.3 Å². The number of hydrogen-bond acceptors (Lipinski definition) is 8. The first-order valence-electron chi connectivity index (χ1n) is 12.8. The van der Waals surface area contributed by atoms with Gasteiger partial charge < -0.3 is 26.4 Å². The zero-order valence-corrected chi connectivity index (χ0v) is 24.1. The van der Waals surface area contributed by atoms with E-state index in [1.165, 1.54) is 16.8 Å². The quantitative estimate of drug-likeness (QED) is 0.277. The van der Waals surface area contributed by atoms with Crippen molar-refractivity contribution in [3.8, 4) is 0 Å². The molecule has 6 bridgehead atoms. The Kier molecular flexibility index (Phi) is 9.62. The number of rotatable bonds is 3. The number of carboxylic acids is 1. The summed E-state index contributed by atoms with van der Waals surface area (Å²) in [5.41, 5.74) is 4.36. The van der Waals surface area contributed by atoms with Gasteiger partial charge in [-0.25, -0.2) is 27.3 Å². The number of hydrogen-bond donors (Lipinski definition) is 5. The summed E-state index contributed by atoms with van der Waals surface area (Å²) in [7, 11) is -3.27. The Hall–Kier alpha value is -4.15. The van der Waals surface area contributed by atoms with E-state index in [0.717, 1.165) is 28.9 Å². The number of carbonyl (C=O) groups excluding carboxylic acids is 1. The summed E-state index contributed by atoms with van der Waals surface area (Å²) in [6.45, 7) is 0.671. The maximum absolute atomic E-state index is 12.8. The topological polar surface area (TPSA) is 166 Å². The van der Waals surface area contributed by atoms with Gasteiger partial charge in [-0.1, -0.05) is 23.7 Å². The second kappa shape index (κ2) is 13.0. The van der Waals surface area contributed by atoms with Gasteiger partial charge in [-0.3, -0.25) is 0 Å². The summed E-state index contributed by atoms with van der Waals surface area (Å²) in [5, 5.41) is 19.8. The third-order valence-corrected chi connectivity index (χ3v) is 7.97. The lowest BCUT2D eigenvalue weighted by molar-refractivity contribution is -0.192. The molecule has 2 aliphatic rings. The number of carbonyl (C=O) groups is 2. The number of anilines is 5. The second-order valence-corrected chi connectivity index (χ2v) is 12.1. The lowest BCUT2D eigenvalue weighted by Crippen LogP contribution is -2.40. The third kappa shape index (κ3) is 8.92. The molecule has 2 aromatic carbocycles. The molecular formula is C26H27ClF3N7O5S. The predicted octanol–water partition coefficient (Wildman–Crippen LogP) is 4.50. The Labute approximate surface area is 249 Å². The van der Waals surface area contributed by atoms with Crippen LogP contribution >= 0.6 is 11.6 Å². The van der Waals surface area contributed by atoms with Crippen molar-refractivity contribution >= 4 is 62.5 Å². The van der Waals surface area contributed by atoms with Crippen LogP contribution in [-0.4, -0.2) is 71.4 Å². The van der Waals surface area contributed by atoms with Gasteiger partial charge in [0.2, 0.25) is 16.0 Å². The molecule has 0 saturated carbocycles. The average Bonchev–Trinajstić information content (AvgIpc) is 3.39. The summed E-state index contributed by atoms with van der Waals surface area (Å²) in [6.07, 6.45) is -0.364. The Bertz CT molecular complexity index is 1620. The number of nitrogens with one attached hydrogen (secondary N) is 4. The smallest absolute Gasteiger partial charge is 0.475 e. The van der Waals surface area contributed by atoms with E-state index < -0.39 is 22.2 Å². The van der Waals surface area contributed by atoms with Gasteiger partial charge in [-0.05, 0) is 60.7 Å². The molecule has 43 heavy (non-hydrogen) atoms. The standard InChI is InChI=1S/C24H26ClN7O3S.C2HF3O2/c1-36(34,35)32-10-9-19(14-32)29-24(33)30-21-8-7-18-12-16(21)6-5-15-3-2-4-17(11-15)28-23-26-13-20(25)22(27-18)31-23;3-2(4,5)1(6)7/h2-4,7-8,11-13,19H,5-6,9-10,14H2,1H3,(H2,29,30,33)(H2,26,27,28,31);(H,6,7)/t19-;/m1./s1. The van der Waals surface area contributed by atoms with E-state index in [0.29, 0.717) is 41.9 Å². The number of sulfonamides is 1. The molecule has 5 rings (SSSR count). The number of nitrogens with zero attached hydrogens (tertiary/aromatic N) is 3. The number of aliphatic carboxylic acids is 1. The second-order valence-electron chi connectivity index (χ2n) is 9.72. The fourth-order valence-corrected chi connectivity index (χ4v) is 5.38. The highest BCUT2D eigenvalue weighted by Crippen LogP contribution is 2.29. The van der Waals surface area contributed by atoms with E-state index in [-0.39, 0.29) is 18.6 Å². The van der Waals surface area contributed by atoms with Gasteiger partial charge >= 0.3 is 18.2 Å². The first kappa shape index (κ1) is 31.8. The van der Waals surface area contributed by atoms with Crippen LogP contribution in [0, 0.1) is 0 Å². The summed E-state index contributed by atoms with van der Waals surface area (Å²) in [4.78, 5) is 30.4. The van der Waals surface area contributed by atoms with Gasteiger partial charge in [0.05, 0.1) is 12.5 Å². The molecule has 1 saturated heterocycles. The minimum absolute atomic E-state index is 0.241. The minimum atomic E-state index is -5.08. The van der Waals surface area contributed by atoms with Crippen LogP contribution in [0.2, 0.25) is 5.02 Å². The largest absolute Gasteiger partial charge is 0.490 e. The fraction of sp³-hybridized carbons (Fsp3) is 0.308. The van der Waals surface area contributed by atoms with Gasteiger partial charge in [0.1, 0.15) is 5.02 Å². The molecule has 0 radical (unpaired) electrons. The molecule has 2 aliphatic heterocycles. The zero-order chi connectivity index (χ0) is 31.4. The number of amides is 2. The van der Waals surface area contributed by atoms with Crippen LogP contribution in [0.25, 0.3) is 0 Å². The van der Waals surface area contributed by atoms with Gasteiger partial charge in [0.15, 0.2) is 5.82 Å². The van der Waals surface area contributed by atoms with Gasteiger partial charge in [-0.15, -0.1) is 0 Å². The summed E-state index contributed by atoms with van der Waals surface area (Å²) in [5.74, 6) is -1.87. The highest BCUT2D eigenvalue weighted by Gasteiger charge is 2.38. The first-order valence-corrected chi connectivity index (χ1v) is 15.0. The Morgan fingerprint density at radius 3 is 2.51 bits per heavy atom. The van der Waals surface area contributed by atoms with E-state index in [2.05, 4.69) is 37.3 Å². The van der Waals surface area contributed by atoms with Crippen molar-refractivity contribution in [1.82, 2.24) is 19.6 Å². The van der Waals surface area contributed by atoms with Crippen LogP contribution in [0.5, 0.6) is 0 Å². The zero-order valence-electron chi connectivity index (χ0n) is 22.6. The predicted molar refractivity (Wildman–Crippen MR) is 155 cm³/mol. The van der Waals surface area contributed by atoms with Gasteiger partial charge in [0, 0.05) is 36.2 Å². The number of aryl methyl sites for hydroxylation is 2. The Balaban J connectivity index is 0.000000541. The highest BCUT2D eigenvalue weighted by molar-refractivity contribution is 7.88.